The molecule has 0 bridgehead atoms. The molecule has 0 saturated carbocycles. The molecule has 4 aromatic rings. The third kappa shape index (κ3) is 4.01. The van der Waals surface area contributed by atoms with Gasteiger partial charge in [0.15, 0.2) is 5.65 Å². The molecule has 4 rings (SSSR count). The van der Waals surface area contributed by atoms with Gasteiger partial charge in [0.25, 0.3) is 0 Å². The number of urea groups is 1. The van der Waals surface area contributed by atoms with Crippen molar-refractivity contribution in [2.75, 3.05) is 10.7 Å². The van der Waals surface area contributed by atoms with Crippen LogP contribution in [0, 0.1) is 13.8 Å². The van der Waals surface area contributed by atoms with Crippen LogP contribution in [-0.2, 0) is 7.05 Å². The van der Waals surface area contributed by atoms with E-state index in [4.69, 9.17) is 11.6 Å². The molecule has 3 heterocycles. The zero-order valence-corrected chi connectivity index (χ0v) is 17.5. The van der Waals surface area contributed by atoms with E-state index in [2.05, 4.69) is 31.2 Å². The highest BCUT2D eigenvalue weighted by Gasteiger charge is 2.12. The molecule has 8 nitrogen and oxygen atoms in total. The minimum absolute atomic E-state index is 0.450. The highest BCUT2D eigenvalue weighted by atomic mass is 35.5. The molecule has 0 aliphatic heterocycles. The number of anilines is 2. The minimum Gasteiger partial charge on any atom is -0.290 e. The Balaban J connectivity index is 1.42. The number of halogens is 1. The summed E-state index contributed by atoms with van der Waals surface area (Å²) in [7, 11) is 1.84. The summed E-state index contributed by atoms with van der Waals surface area (Å²) in [4.78, 5) is 21.1. The lowest BCUT2D eigenvalue weighted by atomic mass is 10.1. The lowest BCUT2D eigenvalue weighted by Gasteiger charge is -2.09. The Bertz CT molecular complexity index is 1220. The zero-order valence-electron chi connectivity index (χ0n) is 15.9. The molecule has 29 heavy (non-hydrogen) atoms. The van der Waals surface area contributed by atoms with Gasteiger partial charge in [0.1, 0.15) is 16.6 Å². The van der Waals surface area contributed by atoms with Crippen LogP contribution >= 0.6 is 22.9 Å². The number of aromatic nitrogens is 4. The molecule has 0 spiro atoms. The van der Waals surface area contributed by atoms with E-state index in [-0.39, 0.29) is 0 Å². The number of amides is 2. The number of benzene rings is 1. The fraction of sp³-hybridized carbons (Fsp3) is 0.158. The van der Waals surface area contributed by atoms with Crippen LogP contribution in [0.15, 0.2) is 35.7 Å². The number of carbonyl (C=O) groups is 1. The topological polar surface area (TPSA) is 96.8 Å². The standard InChI is InChI=1S/C19H18ClN7OS/c1-10-7-14(21-17-16(10)11(2)26-27(17)3)24-25-19(28)23-15-9-29-18(22-15)12-5-4-6-13(20)8-12/h4-9H,1-3H3,(H,21,24)(H2,23,25,28). The van der Waals surface area contributed by atoms with Crippen molar-refractivity contribution in [1.82, 2.24) is 25.2 Å². The first-order chi connectivity index (χ1) is 13.9. The summed E-state index contributed by atoms with van der Waals surface area (Å²) < 4.78 is 1.72. The number of pyridine rings is 1. The van der Waals surface area contributed by atoms with E-state index in [0.717, 1.165) is 32.9 Å². The van der Waals surface area contributed by atoms with Gasteiger partial charge in [0.05, 0.1) is 5.69 Å². The summed E-state index contributed by atoms with van der Waals surface area (Å²) in [5.74, 6) is 0.970. The van der Waals surface area contributed by atoms with Crippen molar-refractivity contribution in [3.05, 3.63) is 52.0 Å². The molecular formula is C19H18ClN7OS. The molecule has 0 atom stereocenters. The third-order valence-electron chi connectivity index (χ3n) is 4.29. The van der Waals surface area contributed by atoms with Crippen LogP contribution in [0.1, 0.15) is 11.3 Å². The lowest BCUT2D eigenvalue weighted by Crippen LogP contribution is -2.34. The lowest BCUT2D eigenvalue weighted by molar-refractivity contribution is 0.253. The Morgan fingerprint density at radius 3 is 2.79 bits per heavy atom. The number of nitrogens with zero attached hydrogens (tertiary/aromatic N) is 4. The van der Waals surface area contributed by atoms with E-state index < -0.39 is 6.03 Å². The summed E-state index contributed by atoms with van der Waals surface area (Å²) >= 11 is 7.44. The van der Waals surface area contributed by atoms with Crippen LogP contribution in [0.25, 0.3) is 21.6 Å². The Labute approximate surface area is 175 Å². The van der Waals surface area contributed by atoms with Gasteiger partial charge in [-0.15, -0.1) is 11.3 Å². The van der Waals surface area contributed by atoms with Crippen molar-refractivity contribution < 1.29 is 4.79 Å². The van der Waals surface area contributed by atoms with Crippen molar-refractivity contribution in [2.45, 2.75) is 13.8 Å². The predicted molar refractivity (Wildman–Crippen MR) is 116 cm³/mol. The maximum atomic E-state index is 12.2. The number of nitrogens with one attached hydrogen (secondary N) is 3. The summed E-state index contributed by atoms with van der Waals surface area (Å²) in [5, 5.41) is 11.3. The molecule has 0 aliphatic carbocycles. The van der Waals surface area contributed by atoms with E-state index in [0.29, 0.717) is 16.7 Å². The molecule has 0 aliphatic rings. The van der Waals surface area contributed by atoms with Gasteiger partial charge >= 0.3 is 6.03 Å². The molecule has 3 N–H and O–H groups in total. The Morgan fingerprint density at radius 2 is 2.00 bits per heavy atom. The fourth-order valence-corrected chi connectivity index (χ4v) is 4.02. The van der Waals surface area contributed by atoms with Gasteiger partial charge in [0, 0.05) is 28.4 Å². The summed E-state index contributed by atoms with van der Waals surface area (Å²) in [6.45, 7) is 3.93. The van der Waals surface area contributed by atoms with Crippen LogP contribution in [0.4, 0.5) is 16.4 Å². The first-order valence-corrected chi connectivity index (χ1v) is 10.0. The molecule has 0 saturated heterocycles. The van der Waals surface area contributed by atoms with E-state index in [1.54, 1.807) is 16.1 Å². The van der Waals surface area contributed by atoms with E-state index >= 15 is 0 Å². The quantitative estimate of drug-likeness (QED) is 0.416. The molecule has 2 amide bonds. The Hall–Kier alpha value is -3.17. The average molecular weight is 428 g/mol. The van der Waals surface area contributed by atoms with Crippen LogP contribution in [0.3, 0.4) is 0 Å². The summed E-state index contributed by atoms with van der Waals surface area (Å²) in [6, 6.07) is 8.82. The maximum Gasteiger partial charge on any atom is 0.339 e. The normalized spacial score (nSPS) is 10.9. The number of fused-ring (bicyclic) bond motifs is 1. The third-order valence-corrected chi connectivity index (χ3v) is 5.41. The van der Waals surface area contributed by atoms with Crippen LogP contribution in [0.5, 0.6) is 0 Å². The van der Waals surface area contributed by atoms with Gasteiger partial charge < -0.3 is 0 Å². The highest BCUT2D eigenvalue weighted by molar-refractivity contribution is 7.13. The summed E-state index contributed by atoms with van der Waals surface area (Å²) in [5.41, 5.74) is 8.99. The Kier molecular flexibility index (Phi) is 5.08. The second-order valence-electron chi connectivity index (χ2n) is 6.48. The van der Waals surface area contributed by atoms with Crippen molar-refractivity contribution >= 4 is 51.6 Å². The average Bonchev–Trinajstić information content (AvgIpc) is 3.25. The minimum atomic E-state index is -0.450. The van der Waals surface area contributed by atoms with Gasteiger partial charge in [-0.05, 0) is 37.6 Å². The molecule has 10 heteroatoms. The molecule has 0 radical (unpaired) electrons. The Morgan fingerprint density at radius 1 is 1.17 bits per heavy atom. The number of thiazole rings is 1. The maximum absolute atomic E-state index is 12.2. The van der Waals surface area contributed by atoms with Gasteiger partial charge in [-0.3, -0.25) is 15.4 Å². The molecular weight excluding hydrogens is 410 g/mol. The molecule has 1 aromatic carbocycles. The fourth-order valence-electron chi connectivity index (χ4n) is 3.08. The first kappa shape index (κ1) is 19.2. The summed E-state index contributed by atoms with van der Waals surface area (Å²) in [6.07, 6.45) is 0. The largest absolute Gasteiger partial charge is 0.339 e. The monoisotopic (exact) mass is 427 g/mol. The van der Waals surface area contributed by atoms with Crippen molar-refractivity contribution in [2.24, 2.45) is 7.05 Å². The SMILES string of the molecule is Cc1cc(NNC(=O)Nc2csc(-c3cccc(Cl)c3)n2)nc2c1c(C)nn2C. The number of hydrogen-bond acceptors (Lipinski definition) is 6. The second kappa shape index (κ2) is 7.69. The highest BCUT2D eigenvalue weighted by Crippen LogP contribution is 2.27. The van der Waals surface area contributed by atoms with Crippen LogP contribution < -0.4 is 16.2 Å². The number of rotatable bonds is 4. The number of hydrazine groups is 1. The zero-order chi connectivity index (χ0) is 20.5. The van der Waals surface area contributed by atoms with E-state index in [1.165, 1.54) is 11.3 Å². The number of aryl methyl sites for hydroxylation is 3. The molecule has 0 unspecified atom stereocenters. The van der Waals surface area contributed by atoms with Gasteiger partial charge in [-0.25, -0.2) is 20.2 Å². The van der Waals surface area contributed by atoms with Crippen LogP contribution in [0.2, 0.25) is 5.02 Å². The van der Waals surface area contributed by atoms with Crippen molar-refractivity contribution in [1.29, 1.82) is 0 Å². The van der Waals surface area contributed by atoms with Crippen LogP contribution in [-0.4, -0.2) is 25.8 Å². The first-order valence-electron chi connectivity index (χ1n) is 8.76. The van der Waals surface area contributed by atoms with Gasteiger partial charge in [-0.2, -0.15) is 5.10 Å². The number of carbonyl (C=O) groups excluding carboxylic acids is 1. The van der Waals surface area contributed by atoms with Gasteiger partial charge in [0.2, 0.25) is 0 Å². The second-order valence-corrected chi connectivity index (χ2v) is 7.78. The molecule has 148 valence electrons. The van der Waals surface area contributed by atoms with Crippen molar-refractivity contribution in [3.63, 3.8) is 0 Å². The van der Waals surface area contributed by atoms with Gasteiger partial charge in [-0.1, -0.05) is 23.7 Å². The van der Waals surface area contributed by atoms with E-state index in [1.807, 2.05) is 45.2 Å². The van der Waals surface area contributed by atoms with Crippen molar-refractivity contribution in [3.8, 4) is 10.6 Å². The predicted octanol–water partition coefficient (Wildman–Crippen LogP) is 4.51. The smallest absolute Gasteiger partial charge is 0.290 e. The molecule has 0 fully saturated rings. The molecule has 3 aromatic heterocycles. The number of hydrogen-bond donors (Lipinski definition) is 3. The van der Waals surface area contributed by atoms with E-state index in [9.17, 15) is 4.79 Å².